The topological polar surface area (TPSA) is 58.6 Å². The fraction of sp³-hybridized carbons (Fsp3) is 0.176. The Morgan fingerprint density at radius 3 is 2.59 bits per heavy atom. The summed E-state index contributed by atoms with van der Waals surface area (Å²) in [5.74, 6) is 0.412. The van der Waals surface area contributed by atoms with Gasteiger partial charge in [-0.05, 0) is 35.9 Å². The number of nitrogens with one attached hydrogen (secondary N) is 1. The number of amides is 2. The number of hydrogen-bond donors (Lipinski definition) is 1. The Bertz CT molecular complexity index is 710. The maximum Gasteiger partial charge on any atom is 0.254 e. The van der Waals surface area contributed by atoms with Crippen molar-refractivity contribution in [2.45, 2.75) is 6.54 Å². The van der Waals surface area contributed by atoms with E-state index >= 15 is 0 Å². The van der Waals surface area contributed by atoms with Gasteiger partial charge in [0, 0.05) is 17.8 Å². The van der Waals surface area contributed by atoms with Gasteiger partial charge >= 0.3 is 0 Å². The van der Waals surface area contributed by atoms with Gasteiger partial charge in [0.1, 0.15) is 12.3 Å². The van der Waals surface area contributed by atoms with E-state index in [1.807, 2.05) is 18.2 Å². The first-order chi connectivity index (χ1) is 10.7. The molecule has 1 aliphatic rings. The summed E-state index contributed by atoms with van der Waals surface area (Å²) in [6.07, 6.45) is 0. The van der Waals surface area contributed by atoms with Gasteiger partial charge in [0.05, 0.1) is 7.11 Å². The number of rotatable bonds is 4. The van der Waals surface area contributed by atoms with E-state index < -0.39 is 0 Å². The Balaban J connectivity index is 1.62. The number of fused-ring (bicyclic) bond motifs is 1. The van der Waals surface area contributed by atoms with Crippen molar-refractivity contribution in [2.75, 3.05) is 19.0 Å². The Hall–Kier alpha value is -2.82. The average Bonchev–Trinajstić information content (AvgIpc) is 2.84. The van der Waals surface area contributed by atoms with Gasteiger partial charge in [-0.15, -0.1) is 0 Å². The van der Waals surface area contributed by atoms with E-state index in [9.17, 15) is 9.59 Å². The lowest BCUT2D eigenvalue weighted by Gasteiger charge is -2.15. The van der Waals surface area contributed by atoms with Crippen molar-refractivity contribution < 1.29 is 14.3 Å². The summed E-state index contributed by atoms with van der Waals surface area (Å²) in [6.45, 7) is 0.518. The molecule has 0 atom stereocenters. The minimum atomic E-state index is -0.216. The van der Waals surface area contributed by atoms with Crippen molar-refractivity contribution in [3.8, 4) is 5.75 Å². The Kier molecular flexibility index (Phi) is 3.78. The minimum absolute atomic E-state index is 0.0412. The van der Waals surface area contributed by atoms with Gasteiger partial charge in [-0.2, -0.15) is 0 Å². The molecule has 5 heteroatoms. The zero-order valence-electron chi connectivity index (χ0n) is 12.2. The molecule has 22 heavy (non-hydrogen) atoms. The quantitative estimate of drug-likeness (QED) is 0.941. The molecule has 0 bridgehead atoms. The van der Waals surface area contributed by atoms with Crippen LogP contribution in [0.3, 0.4) is 0 Å². The molecule has 0 saturated heterocycles. The normalized spacial score (nSPS) is 13.0. The largest absolute Gasteiger partial charge is 0.497 e. The second-order valence-electron chi connectivity index (χ2n) is 5.10. The number of carbonyl (C=O) groups excluding carboxylic acids is 2. The summed E-state index contributed by atoms with van der Waals surface area (Å²) in [5.41, 5.74) is 2.32. The molecule has 0 saturated carbocycles. The van der Waals surface area contributed by atoms with Crippen LogP contribution in [0.5, 0.6) is 5.75 Å². The standard InChI is InChI=1S/C17H16N2O3/c1-22-14-8-6-13(7-9-14)18-16(20)11-19-10-12-4-2-3-5-15(12)17(19)21/h2-9H,10-11H2,1H3,(H,18,20). The molecular formula is C17H16N2O3. The average molecular weight is 296 g/mol. The van der Waals surface area contributed by atoms with Gasteiger partial charge in [-0.25, -0.2) is 0 Å². The predicted octanol–water partition coefficient (Wildman–Crippen LogP) is 2.29. The predicted molar refractivity (Wildman–Crippen MR) is 82.8 cm³/mol. The van der Waals surface area contributed by atoms with Crippen LogP contribution in [0.15, 0.2) is 48.5 Å². The van der Waals surface area contributed by atoms with Crippen LogP contribution in [0, 0.1) is 0 Å². The molecule has 0 aliphatic carbocycles. The van der Waals surface area contributed by atoms with E-state index in [1.54, 1.807) is 42.3 Å². The molecule has 0 unspecified atom stereocenters. The van der Waals surface area contributed by atoms with Crippen molar-refractivity contribution in [3.63, 3.8) is 0 Å². The van der Waals surface area contributed by atoms with Gasteiger partial charge in [-0.1, -0.05) is 18.2 Å². The minimum Gasteiger partial charge on any atom is -0.497 e. The molecule has 5 nitrogen and oxygen atoms in total. The molecule has 3 rings (SSSR count). The number of benzene rings is 2. The number of anilines is 1. The van der Waals surface area contributed by atoms with E-state index in [2.05, 4.69) is 5.32 Å². The van der Waals surface area contributed by atoms with Crippen molar-refractivity contribution in [2.24, 2.45) is 0 Å². The molecule has 2 amide bonds. The Labute approximate surface area is 128 Å². The van der Waals surface area contributed by atoms with E-state index in [0.717, 1.165) is 11.3 Å². The lowest BCUT2D eigenvalue weighted by atomic mass is 10.1. The third-order valence-corrected chi connectivity index (χ3v) is 3.60. The molecule has 1 heterocycles. The fourth-order valence-corrected chi connectivity index (χ4v) is 2.49. The zero-order chi connectivity index (χ0) is 15.5. The molecule has 2 aromatic rings. The van der Waals surface area contributed by atoms with Gasteiger partial charge in [0.15, 0.2) is 0 Å². The third-order valence-electron chi connectivity index (χ3n) is 3.60. The summed E-state index contributed by atoms with van der Waals surface area (Å²) in [4.78, 5) is 25.8. The van der Waals surface area contributed by atoms with Gasteiger partial charge < -0.3 is 15.0 Å². The monoisotopic (exact) mass is 296 g/mol. The number of carbonyl (C=O) groups is 2. The van der Waals surface area contributed by atoms with Crippen LogP contribution < -0.4 is 10.1 Å². The zero-order valence-corrected chi connectivity index (χ0v) is 12.2. The van der Waals surface area contributed by atoms with E-state index in [1.165, 1.54) is 0 Å². The second kappa shape index (κ2) is 5.89. The number of ether oxygens (including phenoxy) is 1. The summed E-state index contributed by atoms with van der Waals surface area (Å²) in [6, 6.07) is 14.5. The van der Waals surface area contributed by atoms with Crippen LogP contribution in [0.25, 0.3) is 0 Å². The molecule has 112 valence electrons. The fourth-order valence-electron chi connectivity index (χ4n) is 2.49. The van der Waals surface area contributed by atoms with E-state index in [0.29, 0.717) is 17.8 Å². The Morgan fingerprint density at radius 2 is 1.91 bits per heavy atom. The highest BCUT2D eigenvalue weighted by atomic mass is 16.5. The Morgan fingerprint density at radius 1 is 1.18 bits per heavy atom. The summed E-state index contributed by atoms with van der Waals surface area (Å²) >= 11 is 0. The van der Waals surface area contributed by atoms with Crippen molar-refractivity contribution in [1.82, 2.24) is 4.90 Å². The van der Waals surface area contributed by atoms with Gasteiger partial charge in [0.25, 0.3) is 5.91 Å². The maximum atomic E-state index is 12.2. The highest BCUT2D eigenvalue weighted by Crippen LogP contribution is 2.22. The lowest BCUT2D eigenvalue weighted by Crippen LogP contribution is -2.33. The van der Waals surface area contributed by atoms with Crippen LogP contribution >= 0.6 is 0 Å². The smallest absolute Gasteiger partial charge is 0.254 e. The van der Waals surface area contributed by atoms with Crippen LogP contribution in [-0.2, 0) is 11.3 Å². The molecule has 2 aromatic carbocycles. The van der Waals surface area contributed by atoms with E-state index in [-0.39, 0.29) is 18.4 Å². The van der Waals surface area contributed by atoms with Gasteiger partial charge in [-0.3, -0.25) is 9.59 Å². The molecule has 0 fully saturated rings. The van der Waals surface area contributed by atoms with Crippen LogP contribution in [0.2, 0.25) is 0 Å². The molecular weight excluding hydrogens is 280 g/mol. The number of methoxy groups -OCH3 is 1. The SMILES string of the molecule is COc1ccc(NC(=O)CN2Cc3ccccc3C2=O)cc1. The van der Waals surface area contributed by atoms with Crippen LogP contribution in [-0.4, -0.2) is 30.4 Å². The highest BCUT2D eigenvalue weighted by molar-refractivity contribution is 6.02. The number of nitrogens with zero attached hydrogens (tertiary/aromatic N) is 1. The summed E-state index contributed by atoms with van der Waals surface area (Å²) in [5, 5.41) is 2.78. The van der Waals surface area contributed by atoms with E-state index in [4.69, 9.17) is 4.74 Å². The maximum absolute atomic E-state index is 12.2. The van der Waals surface area contributed by atoms with Crippen LogP contribution in [0.1, 0.15) is 15.9 Å². The first-order valence-electron chi connectivity index (χ1n) is 6.98. The molecule has 1 aliphatic heterocycles. The lowest BCUT2D eigenvalue weighted by molar-refractivity contribution is -0.116. The number of hydrogen-bond acceptors (Lipinski definition) is 3. The molecule has 0 aromatic heterocycles. The molecule has 1 N–H and O–H groups in total. The molecule has 0 radical (unpaired) electrons. The van der Waals surface area contributed by atoms with Gasteiger partial charge in [0.2, 0.25) is 5.91 Å². The second-order valence-corrected chi connectivity index (χ2v) is 5.10. The van der Waals surface area contributed by atoms with Crippen LogP contribution in [0.4, 0.5) is 5.69 Å². The summed E-state index contributed by atoms with van der Waals surface area (Å²) < 4.78 is 5.07. The van der Waals surface area contributed by atoms with Crippen molar-refractivity contribution >= 4 is 17.5 Å². The first kappa shape index (κ1) is 14.1. The van der Waals surface area contributed by atoms with Crippen molar-refractivity contribution in [1.29, 1.82) is 0 Å². The molecule has 0 spiro atoms. The summed E-state index contributed by atoms with van der Waals surface area (Å²) in [7, 11) is 1.59. The third kappa shape index (κ3) is 2.79. The van der Waals surface area contributed by atoms with Crippen molar-refractivity contribution in [3.05, 3.63) is 59.7 Å². The first-order valence-corrected chi connectivity index (χ1v) is 6.98. The highest BCUT2D eigenvalue weighted by Gasteiger charge is 2.28.